The Labute approximate surface area is 339 Å². The fourth-order valence-corrected chi connectivity index (χ4v) is 9.89. The molecule has 2 heterocycles. The average Bonchev–Trinajstić information content (AvgIpc) is 3.70. The molecule has 0 fully saturated rings. The molecule has 0 saturated heterocycles. The molecule has 0 N–H and O–H groups in total. The van der Waals surface area contributed by atoms with E-state index in [9.17, 15) is 0 Å². The third-order valence-corrected chi connectivity index (χ3v) is 12.6. The van der Waals surface area contributed by atoms with Gasteiger partial charge in [-0.25, -0.2) is 4.98 Å². The molecule has 59 heavy (non-hydrogen) atoms. The number of hydrogen-bond acceptors (Lipinski definition) is 1. The summed E-state index contributed by atoms with van der Waals surface area (Å²) in [6, 6.07) is 76.1. The van der Waals surface area contributed by atoms with Gasteiger partial charge in [-0.05, 0) is 141 Å². The van der Waals surface area contributed by atoms with Gasteiger partial charge >= 0.3 is 0 Å². The first kappa shape index (κ1) is 32.3. The quantitative estimate of drug-likeness (QED) is 0.130. The summed E-state index contributed by atoms with van der Waals surface area (Å²) in [5.74, 6) is 0. The molecule has 0 spiro atoms. The van der Waals surface area contributed by atoms with E-state index in [4.69, 9.17) is 4.98 Å². The highest BCUT2D eigenvalue weighted by molar-refractivity contribution is 6.23. The molecule has 11 aromatic carbocycles. The Morgan fingerprint density at radius 1 is 0.271 bits per heavy atom. The van der Waals surface area contributed by atoms with Crippen LogP contribution in [0.5, 0.6) is 0 Å². The summed E-state index contributed by atoms with van der Waals surface area (Å²) >= 11 is 0. The van der Waals surface area contributed by atoms with Crippen LogP contribution in [-0.2, 0) is 0 Å². The molecule has 0 radical (unpaired) electrons. The third kappa shape index (κ3) is 4.84. The van der Waals surface area contributed by atoms with Gasteiger partial charge in [-0.15, -0.1) is 0 Å². The van der Waals surface area contributed by atoms with Crippen LogP contribution in [0.2, 0.25) is 0 Å². The summed E-state index contributed by atoms with van der Waals surface area (Å²) in [5, 5.41) is 16.0. The number of hydrogen-bond donors (Lipinski definition) is 0. The minimum atomic E-state index is 0.986. The maximum atomic E-state index is 5.26. The highest BCUT2D eigenvalue weighted by atomic mass is 15.0. The zero-order chi connectivity index (χ0) is 38.6. The Kier molecular flexibility index (Phi) is 6.76. The van der Waals surface area contributed by atoms with Crippen molar-refractivity contribution in [3.63, 3.8) is 0 Å². The van der Waals surface area contributed by atoms with Crippen molar-refractivity contribution in [2.24, 2.45) is 0 Å². The second kappa shape index (κ2) is 12.3. The predicted octanol–water partition coefficient (Wildman–Crippen LogP) is 15.6. The van der Waals surface area contributed by atoms with E-state index in [1.165, 1.54) is 103 Å². The summed E-state index contributed by atoms with van der Waals surface area (Å²) in [6.07, 6.45) is 0. The van der Waals surface area contributed by atoms with E-state index in [-0.39, 0.29) is 0 Å². The van der Waals surface area contributed by atoms with E-state index in [2.05, 4.69) is 211 Å². The standard InChI is InChI=1S/C57H34N2/c1-3-13-37-29-43(23-21-35(37)11-1)55-46-17-7-8-18-47(46)56(44-24-22-36-12-2-4-14-38(36)30-44)50-32-41(26-28-48(50)55)42-25-27-45-49-31-39-15-5-6-16-40(39)33-51(49)57-58-52-19-9-10-20-53(52)59(57)54(45)34-42/h1-34H. The van der Waals surface area contributed by atoms with Gasteiger partial charge in [-0.3, -0.25) is 4.40 Å². The van der Waals surface area contributed by atoms with Crippen LogP contribution in [-0.4, -0.2) is 9.38 Å². The van der Waals surface area contributed by atoms with E-state index in [1.54, 1.807) is 0 Å². The molecular formula is C57H34N2. The van der Waals surface area contributed by atoms with Gasteiger partial charge in [0.25, 0.3) is 0 Å². The lowest BCUT2D eigenvalue weighted by molar-refractivity contribution is 1.32. The average molecular weight is 747 g/mol. The van der Waals surface area contributed by atoms with Crippen molar-refractivity contribution in [3.8, 4) is 33.4 Å². The van der Waals surface area contributed by atoms with Crippen molar-refractivity contribution in [3.05, 3.63) is 206 Å². The maximum absolute atomic E-state index is 5.26. The first-order valence-electron chi connectivity index (χ1n) is 20.4. The summed E-state index contributed by atoms with van der Waals surface area (Å²) in [5.41, 5.74) is 11.6. The Hall–Kier alpha value is -7.81. The molecule has 0 unspecified atom stereocenters. The van der Waals surface area contributed by atoms with Crippen molar-refractivity contribution in [2.75, 3.05) is 0 Å². The van der Waals surface area contributed by atoms with Crippen molar-refractivity contribution < 1.29 is 0 Å². The topological polar surface area (TPSA) is 17.3 Å². The van der Waals surface area contributed by atoms with Crippen LogP contribution in [0.25, 0.3) is 126 Å². The molecule has 0 aliphatic rings. The van der Waals surface area contributed by atoms with Gasteiger partial charge in [0.15, 0.2) is 0 Å². The second-order valence-electron chi connectivity index (χ2n) is 15.9. The summed E-state index contributed by atoms with van der Waals surface area (Å²) in [7, 11) is 0. The van der Waals surface area contributed by atoms with E-state index in [0.29, 0.717) is 0 Å². The van der Waals surface area contributed by atoms with Crippen LogP contribution < -0.4 is 0 Å². The second-order valence-corrected chi connectivity index (χ2v) is 15.9. The summed E-state index contributed by atoms with van der Waals surface area (Å²) in [4.78, 5) is 5.26. The molecule has 0 saturated carbocycles. The number of imidazole rings is 1. The number of rotatable bonds is 3. The fraction of sp³-hybridized carbons (Fsp3) is 0. The number of fused-ring (bicyclic) bond motifs is 13. The Morgan fingerprint density at radius 2 is 0.746 bits per heavy atom. The van der Waals surface area contributed by atoms with Crippen LogP contribution in [0.1, 0.15) is 0 Å². The fourth-order valence-electron chi connectivity index (χ4n) is 9.89. The van der Waals surface area contributed by atoms with E-state index in [0.717, 1.165) is 22.2 Å². The lowest BCUT2D eigenvalue weighted by Crippen LogP contribution is -1.94. The molecule has 0 amide bonds. The van der Waals surface area contributed by atoms with E-state index < -0.39 is 0 Å². The zero-order valence-electron chi connectivity index (χ0n) is 32.0. The van der Waals surface area contributed by atoms with Gasteiger partial charge in [-0.2, -0.15) is 0 Å². The number of pyridine rings is 1. The summed E-state index contributed by atoms with van der Waals surface area (Å²) in [6.45, 7) is 0. The SMILES string of the molecule is c1ccc2cc(-c3c4ccccc4c(-c4ccc5ccccc5c4)c4cc(-c5ccc6c7cc8ccccc8cc7c7nc8ccccc8n7c6c5)ccc34)ccc2c1. The molecular weight excluding hydrogens is 713 g/mol. The van der Waals surface area contributed by atoms with Crippen LogP contribution in [0.3, 0.4) is 0 Å². The largest absolute Gasteiger partial charge is 0.292 e. The highest BCUT2D eigenvalue weighted by Gasteiger charge is 2.20. The minimum absolute atomic E-state index is 0.986. The molecule has 272 valence electrons. The maximum Gasteiger partial charge on any atom is 0.146 e. The third-order valence-electron chi connectivity index (χ3n) is 12.6. The van der Waals surface area contributed by atoms with Gasteiger partial charge in [-0.1, -0.05) is 158 Å². The highest BCUT2D eigenvalue weighted by Crippen LogP contribution is 2.46. The van der Waals surface area contributed by atoms with Crippen molar-refractivity contribution in [1.29, 1.82) is 0 Å². The molecule has 0 atom stereocenters. The van der Waals surface area contributed by atoms with Crippen molar-refractivity contribution in [1.82, 2.24) is 9.38 Å². The number of para-hydroxylation sites is 2. The lowest BCUT2D eigenvalue weighted by atomic mass is 9.84. The van der Waals surface area contributed by atoms with Gasteiger partial charge in [0.05, 0.1) is 16.6 Å². The molecule has 0 bridgehead atoms. The Balaban J connectivity index is 1.12. The Morgan fingerprint density at radius 3 is 1.41 bits per heavy atom. The predicted molar refractivity (Wildman–Crippen MR) is 252 cm³/mol. The van der Waals surface area contributed by atoms with E-state index in [1.807, 2.05) is 0 Å². The van der Waals surface area contributed by atoms with Gasteiger partial charge in [0.1, 0.15) is 5.65 Å². The molecule has 0 aliphatic carbocycles. The molecule has 13 rings (SSSR count). The number of benzene rings is 11. The molecule has 2 heteroatoms. The number of nitrogens with zero attached hydrogens (tertiary/aromatic N) is 2. The number of aromatic nitrogens is 2. The van der Waals surface area contributed by atoms with Gasteiger partial charge < -0.3 is 0 Å². The zero-order valence-corrected chi connectivity index (χ0v) is 32.0. The smallest absolute Gasteiger partial charge is 0.146 e. The molecule has 0 aliphatic heterocycles. The van der Waals surface area contributed by atoms with Crippen molar-refractivity contribution in [2.45, 2.75) is 0 Å². The first-order valence-corrected chi connectivity index (χ1v) is 20.4. The summed E-state index contributed by atoms with van der Waals surface area (Å²) < 4.78 is 2.37. The normalized spacial score (nSPS) is 12.1. The minimum Gasteiger partial charge on any atom is -0.292 e. The van der Waals surface area contributed by atoms with Crippen LogP contribution in [0.4, 0.5) is 0 Å². The van der Waals surface area contributed by atoms with Crippen LogP contribution in [0.15, 0.2) is 206 Å². The first-order chi connectivity index (χ1) is 29.2. The van der Waals surface area contributed by atoms with Crippen LogP contribution >= 0.6 is 0 Å². The van der Waals surface area contributed by atoms with E-state index >= 15 is 0 Å². The van der Waals surface area contributed by atoms with Gasteiger partial charge in [0, 0.05) is 10.8 Å². The Bertz CT molecular complexity index is 3910. The molecule has 2 nitrogen and oxygen atoms in total. The van der Waals surface area contributed by atoms with Crippen LogP contribution in [0, 0.1) is 0 Å². The molecule has 2 aromatic heterocycles. The van der Waals surface area contributed by atoms with Crippen molar-refractivity contribution >= 4 is 92.2 Å². The molecule has 13 aromatic rings. The lowest BCUT2D eigenvalue weighted by Gasteiger charge is -2.19. The van der Waals surface area contributed by atoms with Gasteiger partial charge in [0.2, 0.25) is 0 Å². The monoisotopic (exact) mass is 746 g/mol.